The van der Waals surface area contributed by atoms with Gasteiger partial charge in [0.15, 0.2) is 6.61 Å². The maximum atomic E-state index is 12.8. The predicted octanol–water partition coefficient (Wildman–Crippen LogP) is 6.33. The lowest BCUT2D eigenvalue weighted by molar-refractivity contribution is -0.138. The average Bonchev–Trinajstić information content (AvgIpc) is 2.77. The lowest BCUT2D eigenvalue weighted by atomic mass is 10.1. The Hall–Kier alpha value is -3.49. The lowest BCUT2D eigenvalue weighted by Crippen LogP contribution is -2.34. The van der Waals surface area contributed by atoms with E-state index in [1.807, 2.05) is 0 Å². The molecule has 0 fully saturated rings. The smallest absolute Gasteiger partial charge is 0.416 e. The summed E-state index contributed by atoms with van der Waals surface area (Å²) in [6.07, 6.45) is -8.98. The molecule has 0 saturated carbocycles. The summed E-state index contributed by atoms with van der Waals surface area (Å²) < 4.78 is 82.4. The van der Waals surface area contributed by atoms with Crippen molar-refractivity contribution in [2.24, 2.45) is 0 Å². The van der Waals surface area contributed by atoms with Crippen LogP contribution in [0.1, 0.15) is 22.3 Å². The molecule has 0 saturated heterocycles. The Bertz CT molecular complexity index is 986. The zero-order valence-corrected chi connectivity index (χ0v) is 17.2. The Morgan fingerprint density at radius 3 is 1.48 bits per heavy atom. The fourth-order valence-electron chi connectivity index (χ4n) is 3.02. The van der Waals surface area contributed by atoms with Gasteiger partial charge in [-0.1, -0.05) is 42.5 Å². The van der Waals surface area contributed by atoms with Crippen LogP contribution in [-0.4, -0.2) is 17.4 Å². The summed E-state index contributed by atoms with van der Waals surface area (Å²) >= 11 is 0. The van der Waals surface area contributed by atoms with E-state index in [4.69, 9.17) is 4.74 Å². The van der Waals surface area contributed by atoms with Gasteiger partial charge in [-0.3, -0.25) is 4.79 Å². The molecule has 0 heterocycles. The minimum atomic E-state index is -4.49. The molecule has 3 aromatic carbocycles. The first kappa shape index (κ1) is 24.2. The highest BCUT2D eigenvalue weighted by Crippen LogP contribution is 2.30. The molecule has 0 N–H and O–H groups in total. The first-order valence-electron chi connectivity index (χ1n) is 9.80. The topological polar surface area (TPSA) is 29.5 Å². The highest BCUT2D eigenvalue weighted by molar-refractivity contribution is 5.77. The van der Waals surface area contributed by atoms with Crippen LogP contribution in [0.2, 0.25) is 0 Å². The molecule has 0 aliphatic rings. The van der Waals surface area contributed by atoms with Gasteiger partial charge in [-0.2, -0.15) is 26.3 Å². The van der Waals surface area contributed by atoms with Gasteiger partial charge >= 0.3 is 12.4 Å². The molecule has 3 aromatic rings. The van der Waals surface area contributed by atoms with Gasteiger partial charge in [-0.05, 0) is 47.5 Å². The number of para-hydroxylation sites is 1. The second-order valence-corrected chi connectivity index (χ2v) is 7.24. The molecule has 3 nitrogen and oxygen atoms in total. The minimum absolute atomic E-state index is 0.0455. The van der Waals surface area contributed by atoms with Crippen molar-refractivity contribution in [2.45, 2.75) is 25.4 Å². The fourth-order valence-corrected chi connectivity index (χ4v) is 3.02. The van der Waals surface area contributed by atoms with Crippen LogP contribution in [-0.2, 0) is 30.2 Å². The van der Waals surface area contributed by atoms with Gasteiger partial charge in [0.05, 0.1) is 11.1 Å². The summed E-state index contributed by atoms with van der Waals surface area (Å²) in [5.74, 6) is -0.0199. The second-order valence-electron chi connectivity index (χ2n) is 7.24. The van der Waals surface area contributed by atoms with E-state index >= 15 is 0 Å². The van der Waals surface area contributed by atoms with E-state index in [0.29, 0.717) is 16.9 Å². The third-order valence-electron chi connectivity index (χ3n) is 4.77. The lowest BCUT2D eigenvalue weighted by Gasteiger charge is -2.24. The molecule has 33 heavy (non-hydrogen) atoms. The molecule has 9 heteroatoms. The average molecular weight is 467 g/mol. The van der Waals surface area contributed by atoms with Crippen LogP contribution in [0.3, 0.4) is 0 Å². The molecule has 0 bridgehead atoms. The molecule has 3 rings (SSSR count). The predicted molar refractivity (Wildman–Crippen MR) is 109 cm³/mol. The first-order chi connectivity index (χ1) is 15.5. The Morgan fingerprint density at radius 1 is 0.667 bits per heavy atom. The maximum absolute atomic E-state index is 12.8. The third-order valence-corrected chi connectivity index (χ3v) is 4.77. The number of benzene rings is 3. The Morgan fingerprint density at radius 2 is 1.09 bits per heavy atom. The van der Waals surface area contributed by atoms with Gasteiger partial charge in [-0.25, -0.2) is 0 Å². The number of carbonyl (C=O) groups is 1. The van der Waals surface area contributed by atoms with Gasteiger partial charge in [-0.15, -0.1) is 0 Å². The number of alkyl halides is 6. The molecule has 0 aliphatic heterocycles. The number of carbonyl (C=O) groups excluding carboxylic acids is 1. The SMILES string of the molecule is O=C(COc1ccccc1)N(Cc1ccc(C(F)(F)F)cc1)Cc1ccc(C(F)(F)F)cc1. The van der Waals surface area contributed by atoms with Crippen LogP contribution < -0.4 is 4.74 Å². The molecule has 0 aliphatic carbocycles. The summed E-state index contributed by atoms with van der Waals surface area (Å²) in [4.78, 5) is 14.1. The molecule has 0 spiro atoms. The van der Waals surface area contributed by atoms with E-state index in [0.717, 1.165) is 24.3 Å². The molecule has 1 amide bonds. The van der Waals surface area contributed by atoms with Gasteiger partial charge in [0.2, 0.25) is 0 Å². The van der Waals surface area contributed by atoms with Crippen molar-refractivity contribution in [2.75, 3.05) is 6.61 Å². The van der Waals surface area contributed by atoms with Crippen molar-refractivity contribution in [3.8, 4) is 5.75 Å². The molecule has 0 unspecified atom stereocenters. The van der Waals surface area contributed by atoms with Gasteiger partial charge in [0.1, 0.15) is 5.75 Å². The van der Waals surface area contributed by atoms with Crippen molar-refractivity contribution in [1.82, 2.24) is 4.90 Å². The van der Waals surface area contributed by atoms with Crippen molar-refractivity contribution in [3.63, 3.8) is 0 Å². The van der Waals surface area contributed by atoms with Gasteiger partial charge in [0.25, 0.3) is 5.91 Å². The summed E-state index contributed by atoms with van der Waals surface area (Å²) in [5, 5.41) is 0. The molecule has 0 radical (unpaired) electrons. The Balaban J connectivity index is 1.77. The molecule has 0 atom stereocenters. The number of hydrogen-bond donors (Lipinski definition) is 0. The van der Waals surface area contributed by atoms with E-state index in [-0.39, 0.29) is 19.7 Å². The van der Waals surface area contributed by atoms with Gasteiger partial charge in [0, 0.05) is 13.1 Å². The van der Waals surface area contributed by atoms with E-state index in [1.165, 1.54) is 29.2 Å². The summed E-state index contributed by atoms with van der Waals surface area (Å²) in [5.41, 5.74) is -0.774. The molecule has 0 aromatic heterocycles. The number of amides is 1. The van der Waals surface area contributed by atoms with E-state index < -0.39 is 29.4 Å². The van der Waals surface area contributed by atoms with E-state index in [1.54, 1.807) is 30.3 Å². The Labute approximate surface area is 186 Å². The van der Waals surface area contributed by atoms with Crippen LogP contribution in [0, 0.1) is 0 Å². The summed E-state index contributed by atoms with van der Waals surface area (Å²) in [6.45, 7) is -0.433. The van der Waals surface area contributed by atoms with Crippen molar-refractivity contribution >= 4 is 5.91 Å². The highest BCUT2D eigenvalue weighted by atomic mass is 19.4. The highest BCUT2D eigenvalue weighted by Gasteiger charge is 2.31. The quantitative estimate of drug-likeness (QED) is 0.380. The van der Waals surface area contributed by atoms with Crippen molar-refractivity contribution in [3.05, 3.63) is 101 Å². The summed E-state index contributed by atoms with van der Waals surface area (Å²) in [6, 6.07) is 17.2. The number of hydrogen-bond acceptors (Lipinski definition) is 2. The third kappa shape index (κ3) is 7.00. The maximum Gasteiger partial charge on any atom is 0.416 e. The Kier molecular flexibility index (Phi) is 7.30. The van der Waals surface area contributed by atoms with Crippen LogP contribution >= 0.6 is 0 Å². The second kappa shape index (κ2) is 9.97. The van der Waals surface area contributed by atoms with Crippen LogP contribution in [0.25, 0.3) is 0 Å². The first-order valence-corrected chi connectivity index (χ1v) is 9.80. The zero-order valence-electron chi connectivity index (χ0n) is 17.2. The normalized spacial score (nSPS) is 11.8. The number of rotatable bonds is 7. The zero-order chi connectivity index (χ0) is 24.1. The molecular weight excluding hydrogens is 448 g/mol. The number of ether oxygens (including phenoxy) is 1. The fraction of sp³-hybridized carbons (Fsp3) is 0.208. The molecular formula is C24H19F6NO2. The van der Waals surface area contributed by atoms with Crippen molar-refractivity contribution < 1.29 is 35.9 Å². The standard InChI is InChI=1S/C24H19F6NO2/c25-23(26,27)19-10-6-17(7-11-19)14-31(22(32)16-33-21-4-2-1-3-5-21)15-18-8-12-20(13-9-18)24(28,29)30/h1-13H,14-16H2. The number of halogens is 6. The van der Waals surface area contributed by atoms with Gasteiger partial charge < -0.3 is 9.64 Å². The monoisotopic (exact) mass is 467 g/mol. The van der Waals surface area contributed by atoms with E-state index in [9.17, 15) is 31.1 Å². The number of nitrogens with zero attached hydrogens (tertiary/aromatic N) is 1. The van der Waals surface area contributed by atoms with Crippen LogP contribution in [0.15, 0.2) is 78.9 Å². The van der Waals surface area contributed by atoms with Crippen molar-refractivity contribution in [1.29, 1.82) is 0 Å². The molecule has 174 valence electrons. The minimum Gasteiger partial charge on any atom is -0.484 e. The largest absolute Gasteiger partial charge is 0.484 e. The summed E-state index contributed by atoms with van der Waals surface area (Å²) in [7, 11) is 0. The van der Waals surface area contributed by atoms with Crippen LogP contribution in [0.5, 0.6) is 5.75 Å². The van der Waals surface area contributed by atoms with E-state index in [2.05, 4.69) is 0 Å². The van der Waals surface area contributed by atoms with Crippen LogP contribution in [0.4, 0.5) is 26.3 Å².